The summed E-state index contributed by atoms with van der Waals surface area (Å²) in [6.45, 7) is 5.98. The molecule has 0 aromatic heterocycles. The first-order valence-electron chi connectivity index (χ1n) is 11.6. The Morgan fingerprint density at radius 2 is 1.57 bits per heavy atom. The zero-order chi connectivity index (χ0) is 20.6. The molecule has 0 amide bonds. The van der Waals surface area contributed by atoms with Gasteiger partial charge < -0.3 is 9.47 Å². The summed E-state index contributed by atoms with van der Waals surface area (Å²) in [6.07, 6.45) is 7.05. The second-order valence-electron chi connectivity index (χ2n) is 8.65. The second-order valence-corrected chi connectivity index (χ2v) is 8.65. The third kappa shape index (κ3) is 5.63. The number of hydrogen-bond donors (Lipinski definition) is 0. The molecule has 0 radical (unpaired) electrons. The van der Waals surface area contributed by atoms with Gasteiger partial charge in [-0.05, 0) is 36.1 Å². The first-order chi connectivity index (χ1) is 14.8. The van der Waals surface area contributed by atoms with Crippen LogP contribution in [0, 0.1) is 0 Å². The number of nitrogens with zero attached hydrogens (tertiary/aromatic N) is 2. The minimum Gasteiger partial charge on any atom is -0.497 e. The fourth-order valence-corrected chi connectivity index (χ4v) is 4.96. The molecule has 0 bridgehead atoms. The summed E-state index contributed by atoms with van der Waals surface area (Å²) in [6, 6.07) is 20.2. The molecule has 1 saturated carbocycles. The Labute approximate surface area is 181 Å². The minimum atomic E-state index is 0.318. The van der Waals surface area contributed by atoms with Gasteiger partial charge in [0.05, 0.1) is 26.4 Å². The third-order valence-electron chi connectivity index (χ3n) is 6.77. The fourth-order valence-electron chi connectivity index (χ4n) is 4.96. The molecule has 2 fully saturated rings. The number of benzene rings is 2. The van der Waals surface area contributed by atoms with Gasteiger partial charge in [-0.1, -0.05) is 61.7 Å². The summed E-state index contributed by atoms with van der Waals surface area (Å²) in [5, 5.41) is 0. The maximum atomic E-state index is 6.21. The van der Waals surface area contributed by atoms with Gasteiger partial charge in [0.2, 0.25) is 0 Å². The van der Waals surface area contributed by atoms with Crippen molar-refractivity contribution in [3.8, 4) is 5.75 Å². The summed E-state index contributed by atoms with van der Waals surface area (Å²) in [4.78, 5) is 5.37. The van der Waals surface area contributed by atoms with Crippen molar-refractivity contribution in [3.63, 3.8) is 0 Å². The predicted octanol–water partition coefficient (Wildman–Crippen LogP) is 4.90. The van der Waals surface area contributed by atoms with Crippen LogP contribution >= 0.6 is 0 Å². The molecule has 162 valence electrons. The Morgan fingerprint density at radius 1 is 0.867 bits per heavy atom. The Balaban J connectivity index is 1.34. The van der Waals surface area contributed by atoms with Crippen molar-refractivity contribution >= 4 is 0 Å². The molecule has 2 aliphatic rings. The van der Waals surface area contributed by atoms with Crippen molar-refractivity contribution in [2.75, 3.05) is 39.9 Å². The quantitative estimate of drug-likeness (QED) is 0.620. The van der Waals surface area contributed by atoms with E-state index in [0.29, 0.717) is 12.6 Å². The van der Waals surface area contributed by atoms with E-state index in [1.54, 1.807) is 7.11 Å². The lowest BCUT2D eigenvalue weighted by Gasteiger charge is -2.43. The summed E-state index contributed by atoms with van der Waals surface area (Å²) >= 11 is 0. The highest BCUT2D eigenvalue weighted by molar-refractivity contribution is 5.26. The van der Waals surface area contributed by atoms with Gasteiger partial charge in [0.25, 0.3) is 0 Å². The Bertz CT molecular complexity index is 735. The lowest BCUT2D eigenvalue weighted by Crippen LogP contribution is -2.52. The lowest BCUT2D eigenvalue weighted by molar-refractivity contribution is 0.0113. The summed E-state index contributed by atoms with van der Waals surface area (Å²) in [7, 11) is 1.70. The number of methoxy groups -OCH3 is 1. The van der Waals surface area contributed by atoms with Gasteiger partial charge in [-0.15, -0.1) is 0 Å². The molecule has 1 unspecified atom stereocenters. The monoisotopic (exact) mass is 408 g/mol. The SMILES string of the molecule is COc1ccc(COCC(c2ccccc2)N2CCN(C3CCCCC3)CC2)cc1. The van der Waals surface area contributed by atoms with Crippen molar-refractivity contribution in [2.24, 2.45) is 0 Å². The molecule has 0 N–H and O–H groups in total. The van der Waals surface area contributed by atoms with Crippen LogP contribution in [-0.4, -0.2) is 55.7 Å². The number of hydrogen-bond acceptors (Lipinski definition) is 4. The van der Waals surface area contributed by atoms with Crippen LogP contribution in [0.2, 0.25) is 0 Å². The lowest BCUT2D eigenvalue weighted by atomic mass is 9.93. The first kappa shape index (κ1) is 21.4. The van der Waals surface area contributed by atoms with Crippen molar-refractivity contribution < 1.29 is 9.47 Å². The van der Waals surface area contributed by atoms with Gasteiger partial charge in [-0.3, -0.25) is 9.80 Å². The van der Waals surface area contributed by atoms with E-state index in [2.05, 4.69) is 52.3 Å². The standard InChI is InChI=1S/C26H36N2O2/c1-29-25-14-12-22(13-15-25)20-30-21-26(23-8-4-2-5-9-23)28-18-16-27(17-19-28)24-10-6-3-7-11-24/h2,4-5,8-9,12-15,24,26H,3,6-7,10-11,16-21H2,1H3. The number of rotatable bonds is 8. The van der Waals surface area contributed by atoms with Gasteiger partial charge in [-0.2, -0.15) is 0 Å². The molecule has 1 atom stereocenters. The Morgan fingerprint density at radius 3 is 2.23 bits per heavy atom. The predicted molar refractivity (Wildman–Crippen MR) is 122 cm³/mol. The molecule has 0 spiro atoms. The van der Waals surface area contributed by atoms with Crippen LogP contribution < -0.4 is 4.74 Å². The van der Waals surface area contributed by atoms with E-state index in [-0.39, 0.29) is 0 Å². The van der Waals surface area contributed by atoms with Crippen molar-refractivity contribution in [2.45, 2.75) is 50.8 Å². The van der Waals surface area contributed by atoms with Gasteiger partial charge in [0, 0.05) is 32.2 Å². The molecule has 2 aromatic rings. The smallest absolute Gasteiger partial charge is 0.118 e. The van der Waals surface area contributed by atoms with Gasteiger partial charge in [0.15, 0.2) is 0 Å². The largest absolute Gasteiger partial charge is 0.497 e. The average molecular weight is 409 g/mol. The van der Waals surface area contributed by atoms with E-state index in [0.717, 1.165) is 31.5 Å². The fraction of sp³-hybridized carbons (Fsp3) is 0.538. The van der Waals surface area contributed by atoms with Crippen LogP contribution in [0.1, 0.15) is 49.3 Å². The third-order valence-corrected chi connectivity index (χ3v) is 6.77. The van der Waals surface area contributed by atoms with E-state index < -0.39 is 0 Å². The van der Waals surface area contributed by atoms with Crippen molar-refractivity contribution in [1.82, 2.24) is 9.80 Å². The van der Waals surface area contributed by atoms with E-state index >= 15 is 0 Å². The first-order valence-corrected chi connectivity index (χ1v) is 11.6. The minimum absolute atomic E-state index is 0.318. The summed E-state index contributed by atoms with van der Waals surface area (Å²) in [5.41, 5.74) is 2.54. The zero-order valence-electron chi connectivity index (χ0n) is 18.3. The number of piperazine rings is 1. The Kier molecular flexibility index (Phi) is 7.79. The number of ether oxygens (including phenoxy) is 2. The molecule has 4 rings (SSSR count). The molecule has 1 aliphatic carbocycles. The highest BCUT2D eigenvalue weighted by Gasteiger charge is 2.29. The molecule has 4 nitrogen and oxygen atoms in total. The molecule has 30 heavy (non-hydrogen) atoms. The Hall–Kier alpha value is -1.88. The molecule has 2 aromatic carbocycles. The summed E-state index contributed by atoms with van der Waals surface area (Å²) < 4.78 is 11.5. The topological polar surface area (TPSA) is 24.9 Å². The normalized spacial score (nSPS) is 20.2. The molecule has 1 saturated heterocycles. The van der Waals surface area contributed by atoms with E-state index in [1.807, 2.05) is 12.1 Å². The van der Waals surface area contributed by atoms with Crippen molar-refractivity contribution in [3.05, 3.63) is 65.7 Å². The van der Waals surface area contributed by atoms with Crippen LogP contribution in [-0.2, 0) is 11.3 Å². The van der Waals surface area contributed by atoms with Gasteiger partial charge in [-0.25, -0.2) is 0 Å². The van der Waals surface area contributed by atoms with E-state index in [1.165, 1.54) is 56.3 Å². The maximum absolute atomic E-state index is 6.21. The zero-order valence-corrected chi connectivity index (χ0v) is 18.3. The second kappa shape index (κ2) is 10.9. The van der Waals surface area contributed by atoms with Gasteiger partial charge >= 0.3 is 0 Å². The van der Waals surface area contributed by atoms with Crippen LogP contribution in [0.15, 0.2) is 54.6 Å². The highest BCUT2D eigenvalue weighted by atomic mass is 16.5. The van der Waals surface area contributed by atoms with E-state index in [9.17, 15) is 0 Å². The van der Waals surface area contributed by atoms with Crippen LogP contribution in [0.3, 0.4) is 0 Å². The molecule has 4 heteroatoms. The molecular weight excluding hydrogens is 372 g/mol. The maximum Gasteiger partial charge on any atom is 0.118 e. The van der Waals surface area contributed by atoms with Crippen LogP contribution in [0.5, 0.6) is 5.75 Å². The molecule has 1 heterocycles. The van der Waals surface area contributed by atoms with Gasteiger partial charge in [0.1, 0.15) is 5.75 Å². The summed E-state index contributed by atoms with van der Waals surface area (Å²) in [5.74, 6) is 0.886. The average Bonchev–Trinajstić information content (AvgIpc) is 2.83. The van der Waals surface area contributed by atoms with Crippen molar-refractivity contribution in [1.29, 1.82) is 0 Å². The highest BCUT2D eigenvalue weighted by Crippen LogP contribution is 2.27. The van der Waals surface area contributed by atoms with Crippen LogP contribution in [0.4, 0.5) is 0 Å². The molecule has 1 aliphatic heterocycles. The van der Waals surface area contributed by atoms with E-state index in [4.69, 9.17) is 9.47 Å². The van der Waals surface area contributed by atoms with Crippen LogP contribution in [0.25, 0.3) is 0 Å². The molecular formula is C26H36N2O2.